The summed E-state index contributed by atoms with van der Waals surface area (Å²) in [6, 6.07) is 6.26. The summed E-state index contributed by atoms with van der Waals surface area (Å²) in [5.41, 5.74) is 0.827. The number of fused-ring (bicyclic) bond motifs is 1. The molecule has 0 unspecified atom stereocenters. The number of nitrogens with zero attached hydrogens (tertiary/aromatic N) is 1. The average Bonchev–Trinajstić information content (AvgIpc) is 2.32. The minimum Gasteiger partial charge on any atom is -0.260 e. The summed E-state index contributed by atoms with van der Waals surface area (Å²) in [5.74, 6) is -0.236. The molecule has 0 saturated heterocycles. The summed E-state index contributed by atoms with van der Waals surface area (Å²) in [6.45, 7) is 0. The lowest BCUT2D eigenvalue weighted by atomic mass is 10.2. The van der Waals surface area contributed by atoms with Gasteiger partial charge in [0, 0.05) is 23.4 Å². The van der Waals surface area contributed by atoms with Gasteiger partial charge in [0.15, 0.2) is 0 Å². The molecule has 0 aliphatic heterocycles. The van der Waals surface area contributed by atoms with Gasteiger partial charge >= 0.3 is 0 Å². The van der Waals surface area contributed by atoms with E-state index in [1.165, 1.54) is 16.2 Å². The van der Waals surface area contributed by atoms with Crippen LogP contribution in [0.4, 0.5) is 4.39 Å². The van der Waals surface area contributed by atoms with Gasteiger partial charge in [-0.25, -0.2) is 4.39 Å². The maximum absolute atomic E-state index is 12.6. The van der Waals surface area contributed by atoms with Crippen LogP contribution < -0.4 is 0 Å². The highest BCUT2D eigenvalue weighted by Crippen LogP contribution is 2.17. The summed E-state index contributed by atoms with van der Waals surface area (Å²) >= 11 is 5.72. The van der Waals surface area contributed by atoms with E-state index in [0.717, 1.165) is 10.9 Å². The molecule has 0 spiro atoms. The molecule has 11 heavy (non-hydrogen) atoms. The Hall–Kier alpha value is -1.02. The van der Waals surface area contributed by atoms with Crippen LogP contribution in [0.1, 0.15) is 0 Å². The Morgan fingerprint density at radius 3 is 2.91 bits per heavy atom. The predicted molar refractivity (Wildman–Crippen MR) is 43.1 cm³/mol. The lowest BCUT2D eigenvalue weighted by molar-refractivity contribution is 0.629. The van der Waals surface area contributed by atoms with E-state index in [1.54, 1.807) is 18.3 Å². The molecule has 0 saturated carbocycles. The summed E-state index contributed by atoms with van der Waals surface area (Å²) in [6.07, 6.45) is 1.69. The molecule has 1 heterocycles. The molecule has 56 valence electrons. The number of hydrogen-bond acceptors (Lipinski definition) is 0. The third kappa shape index (κ3) is 0.994. The van der Waals surface area contributed by atoms with Gasteiger partial charge in [-0.15, -0.1) is 0 Å². The van der Waals surface area contributed by atoms with Crippen molar-refractivity contribution in [3.8, 4) is 0 Å². The molecule has 0 bridgehead atoms. The second-order valence-electron chi connectivity index (χ2n) is 2.33. The lowest BCUT2D eigenvalue weighted by Crippen LogP contribution is -1.76. The fourth-order valence-electron chi connectivity index (χ4n) is 1.08. The van der Waals surface area contributed by atoms with Crippen molar-refractivity contribution in [2.24, 2.45) is 0 Å². The number of halogens is 2. The Morgan fingerprint density at radius 2 is 2.09 bits per heavy atom. The van der Waals surface area contributed by atoms with Crippen LogP contribution in [0.15, 0.2) is 30.5 Å². The zero-order chi connectivity index (χ0) is 7.84. The topological polar surface area (TPSA) is 4.93 Å². The molecule has 0 atom stereocenters. The van der Waals surface area contributed by atoms with Crippen molar-refractivity contribution >= 4 is 22.7 Å². The van der Waals surface area contributed by atoms with Crippen LogP contribution >= 0.6 is 11.8 Å². The van der Waals surface area contributed by atoms with Crippen molar-refractivity contribution in [1.29, 1.82) is 0 Å². The van der Waals surface area contributed by atoms with Gasteiger partial charge < -0.3 is 0 Å². The molecule has 0 fully saturated rings. The first-order chi connectivity index (χ1) is 5.27. The van der Waals surface area contributed by atoms with E-state index in [2.05, 4.69) is 0 Å². The van der Waals surface area contributed by atoms with Gasteiger partial charge in [-0.1, -0.05) is 0 Å². The summed E-state index contributed by atoms with van der Waals surface area (Å²) in [4.78, 5) is 0. The highest BCUT2D eigenvalue weighted by molar-refractivity contribution is 6.19. The Kier molecular flexibility index (Phi) is 1.36. The largest absolute Gasteiger partial charge is 0.260 e. The first-order valence-corrected chi connectivity index (χ1v) is 3.54. The number of hydrogen-bond donors (Lipinski definition) is 0. The molecular formula is C8H5ClFN. The van der Waals surface area contributed by atoms with Gasteiger partial charge in [-0.2, -0.15) is 0 Å². The molecule has 1 aromatic heterocycles. The van der Waals surface area contributed by atoms with Crippen LogP contribution in [0.5, 0.6) is 0 Å². The quantitative estimate of drug-likeness (QED) is 0.572. The molecule has 1 aromatic carbocycles. The normalized spacial score (nSPS) is 10.7. The van der Waals surface area contributed by atoms with Gasteiger partial charge in [0.2, 0.25) is 0 Å². The number of benzene rings is 1. The van der Waals surface area contributed by atoms with E-state index in [1.807, 2.05) is 0 Å². The molecule has 0 aliphatic rings. The van der Waals surface area contributed by atoms with Crippen LogP contribution in [0, 0.1) is 5.82 Å². The van der Waals surface area contributed by atoms with Gasteiger partial charge in [0.25, 0.3) is 0 Å². The fraction of sp³-hybridized carbons (Fsp3) is 0. The van der Waals surface area contributed by atoms with Gasteiger partial charge in [0.05, 0.1) is 5.52 Å². The lowest BCUT2D eigenvalue weighted by Gasteiger charge is -1.91. The Bertz CT molecular complexity index is 394. The van der Waals surface area contributed by atoms with Gasteiger partial charge in [-0.3, -0.25) is 4.09 Å². The molecule has 0 radical (unpaired) electrons. The second-order valence-corrected chi connectivity index (χ2v) is 2.69. The highest BCUT2D eigenvalue weighted by atomic mass is 35.5. The smallest absolute Gasteiger partial charge is 0.123 e. The highest BCUT2D eigenvalue weighted by Gasteiger charge is 1.98. The van der Waals surface area contributed by atoms with Crippen LogP contribution in [-0.4, -0.2) is 4.09 Å². The third-order valence-corrected chi connectivity index (χ3v) is 1.90. The van der Waals surface area contributed by atoms with Crippen LogP contribution in [0.3, 0.4) is 0 Å². The van der Waals surface area contributed by atoms with E-state index in [9.17, 15) is 4.39 Å². The third-order valence-electron chi connectivity index (χ3n) is 1.60. The van der Waals surface area contributed by atoms with Crippen LogP contribution in [0.2, 0.25) is 0 Å². The monoisotopic (exact) mass is 169 g/mol. The maximum atomic E-state index is 12.6. The van der Waals surface area contributed by atoms with E-state index in [0.29, 0.717) is 0 Å². The van der Waals surface area contributed by atoms with Crippen molar-refractivity contribution < 1.29 is 4.39 Å². The Labute approximate surface area is 68.1 Å². The average molecular weight is 170 g/mol. The Morgan fingerprint density at radius 1 is 1.27 bits per heavy atom. The molecular weight excluding hydrogens is 165 g/mol. The molecule has 0 aliphatic carbocycles. The zero-order valence-electron chi connectivity index (χ0n) is 5.59. The molecule has 2 aromatic rings. The standard InChI is InChI=1S/C8H5ClFN/c9-11-4-3-6-5-7(10)1-2-8(6)11/h1-5H. The second kappa shape index (κ2) is 2.24. The van der Waals surface area contributed by atoms with Crippen molar-refractivity contribution in [3.63, 3.8) is 0 Å². The first-order valence-electron chi connectivity index (χ1n) is 3.20. The van der Waals surface area contributed by atoms with Gasteiger partial charge in [0.1, 0.15) is 5.82 Å². The first kappa shape index (κ1) is 6.68. The van der Waals surface area contributed by atoms with Crippen molar-refractivity contribution in [3.05, 3.63) is 36.3 Å². The Balaban J connectivity index is 2.86. The van der Waals surface area contributed by atoms with Crippen molar-refractivity contribution in [2.75, 3.05) is 0 Å². The summed E-state index contributed by atoms with van der Waals surface area (Å²) < 4.78 is 14.0. The van der Waals surface area contributed by atoms with Crippen molar-refractivity contribution in [1.82, 2.24) is 4.09 Å². The van der Waals surface area contributed by atoms with E-state index in [4.69, 9.17) is 11.8 Å². The van der Waals surface area contributed by atoms with E-state index in [-0.39, 0.29) is 5.82 Å². The number of rotatable bonds is 0. The minimum atomic E-state index is -0.236. The molecule has 0 N–H and O–H groups in total. The zero-order valence-corrected chi connectivity index (χ0v) is 6.35. The number of aromatic nitrogens is 1. The van der Waals surface area contributed by atoms with E-state index >= 15 is 0 Å². The van der Waals surface area contributed by atoms with Crippen LogP contribution in [0.25, 0.3) is 10.9 Å². The maximum Gasteiger partial charge on any atom is 0.123 e. The molecule has 1 nitrogen and oxygen atoms in total. The SMILES string of the molecule is Fc1ccc2c(ccn2Cl)c1. The van der Waals surface area contributed by atoms with Crippen LogP contribution in [-0.2, 0) is 0 Å². The summed E-state index contributed by atoms with van der Waals surface area (Å²) in [5, 5.41) is 0.819. The summed E-state index contributed by atoms with van der Waals surface area (Å²) in [7, 11) is 0. The predicted octanol–water partition coefficient (Wildman–Crippen LogP) is 2.78. The van der Waals surface area contributed by atoms with E-state index < -0.39 is 0 Å². The molecule has 3 heteroatoms. The fourth-order valence-corrected chi connectivity index (χ4v) is 1.29. The molecule has 2 rings (SSSR count). The van der Waals surface area contributed by atoms with Gasteiger partial charge in [-0.05, 0) is 24.3 Å². The minimum absolute atomic E-state index is 0.236. The molecule has 0 amide bonds. The van der Waals surface area contributed by atoms with Crippen molar-refractivity contribution in [2.45, 2.75) is 0 Å².